The second-order valence-corrected chi connectivity index (χ2v) is 6.60. The van der Waals surface area contributed by atoms with Gasteiger partial charge in [0.2, 0.25) is 0 Å². The number of carbonyl (C=O) groups excluding carboxylic acids is 1. The van der Waals surface area contributed by atoms with Crippen molar-refractivity contribution < 1.29 is 18.0 Å². The van der Waals surface area contributed by atoms with E-state index < -0.39 is 17.6 Å². The summed E-state index contributed by atoms with van der Waals surface area (Å²) in [5.74, 6) is 0.252. The van der Waals surface area contributed by atoms with Crippen molar-refractivity contribution in [1.82, 2.24) is 4.90 Å². The van der Waals surface area contributed by atoms with E-state index in [1.54, 1.807) is 0 Å². The summed E-state index contributed by atoms with van der Waals surface area (Å²) in [4.78, 5) is 14.0. The van der Waals surface area contributed by atoms with Gasteiger partial charge in [-0.15, -0.1) is 0 Å². The molecule has 1 fully saturated rings. The molecule has 0 radical (unpaired) electrons. The fourth-order valence-electron chi connectivity index (χ4n) is 2.56. The van der Waals surface area contributed by atoms with Gasteiger partial charge in [-0.05, 0) is 36.5 Å². The Bertz CT molecular complexity index is 544. The van der Waals surface area contributed by atoms with Gasteiger partial charge >= 0.3 is 6.18 Å². The molecular weight excluding hydrogens is 347 g/mol. The van der Waals surface area contributed by atoms with Gasteiger partial charge in [0, 0.05) is 17.6 Å². The van der Waals surface area contributed by atoms with Crippen molar-refractivity contribution >= 4 is 21.8 Å². The van der Waals surface area contributed by atoms with E-state index in [9.17, 15) is 18.0 Å². The lowest BCUT2D eigenvalue weighted by Crippen LogP contribution is -2.42. The van der Waals surface area contributed by atoms with Crippen LogP contribution < -0.4 is 0 Å². The number of rotatable bonds is 1. The Kier molecular flexibility index (Phi) is 4.66. The van der Waals surface area contributed by atoms with Gasteiger partial charge in [0.1, 0.15) is 0 Å². The van der Waals surface area contributed by atoms with E-state index in [-0.39, 0.29) is 5.56 Å². The first-order valence-electron chi connectivity index (χ1n) is 6.86. The Balaban J connectivity index is 2.32. The van der Waals surface area contributed by atoms with Gasteiger partial charge < -0.3 is 4.90 Å². The number of piperidine rings is 1. The molecule has 1 aromatic rings. The molecule has 1 aliphatic heterocycles. The molecule has 2 atom stereocenters. The molecule has 6 heteroatoms. The van der Waals surface area contributed by atoms with E-state index in [2.05, 4.69) is 22.9 Å². The molecule has 2 unspecified atom stereocenters. The topological polar surface area (TPSA) is 20.3 Å². The zero-order valence-electron chi connectivity index (χ0n) is 11.9. The summed E-state index contributed by atoms with van der Waals surface area (Å²) in [5, 5.41) is 0. The van der Waals surface area contributed by atoms with E-state index in [1.807, 2.05) is 6.92 Å². The summed E-state index contributed by atoms with van der Waals surface area (Å²) in [6.07, 6.45) is -3.71. The molecule has 116 valence electrons. The molecule has 0 aliphatic carbocycles. The summed E-state index contributed by atoms with van der Waals surface area (Å²) in [7, 11) is 0. The van der Waals surface area contributed by atoms with Gasteiger partial charge in [-0.2, -0.15) is 13.2 Å². The van der Waals surface area contributed by atoms with Crippen molar-refractivity contribution in [1.29, 1.82) is 0 Å². The number of nitrogens with zero attached hydrogens (tertiary/aromatic N) is 1. The van der Waals surface area contributed by atoms with Crippen LogP contribution in [0.5, 0.6) is 0 Å². The lowest BCUT2D eigenvalue weighted by molar-refractivity contribution is -0.138. The third-order valence-electron chi connectivity index (χ3n) is 4.14. The van der Waals surface area contributed by atoms with E-state index in [1.165, 1.54) is 17.0 Å². The summed E-state index contributed by atoms with van der Waals surface area (Å²) < 4.78 is 39.6. The largest absolute Gasteiger partial charge is 0.417 e. The van der Waals surface area contributed by atoms with Crippen molar-refractivity contribution in [3.8, 4) is 0 Å². The Morgan fingerprint density at radius 1 is 1.29 bits per heavy atom. The molecule has 1 aliphatic rings. The number of hydrogen-bond donors (Lipinski definition) is 0. The van der Waals surface area contributed by atoms with E-state index in [0.717, 1.165) is 12.5 Å². The SMILES string of the molecule is CC1CCN(C(=O)c2ccc(Br)cc2C(F)(F)F)CC1C. The molecule has 0 spiro atoms. The number of halogens is 4. The van der Waals surface area contributed by atoms with Gasteiger partial charge in [-0.3, -0.25) is 4.79 Å². The van der Waals surface area contributed by atoms with E-state index in [0.29, 0.717) is 29.4 Å². The van der Waals surface area contributed by atoms with Crippen molar-refractivity contribution in [3.05, 3.63) is 33.8 Å². The predicted octanol–water partition coefficient (Wildman–Crippen LogP) is 4.59. The van der Waals surface area contributed by atoms with Gasteiger partial charge in [0.25, 0.3) is 5.91 Å². The minimum absolute atomic E-state index is 0.271. The van der Waals surface area contributed by atoms with Crippen LogP contribution in [-0.2, 0) is 6.18 Å². The molecule has 2 nitrogen and oxygen atoms in total. The summed E-state index contributed by atoms with van der Waals surface area (Å²) in [6.45, 7) is 5.15. The summed E-state index contributed by atoms with van der Waals surface area (Å²) >= 11 is 3.03. The summed E-state index contributed by atoms with van der Waals surface area (Å²) in [6, 6.07) is 3.68. The zero-order chi connectivity index (χ0) is 15.8. The molecule has 21 heavy (non-hydrogen) atoms. The molecular formula is C15H17BrF3NO. The van der Waals surface area contributed by atoms with Crippen molar-refractivity contribution in [2.24, 2.45) is 11.8 Å². The minimum Gasteiger partial charge on any atom is -0.338 e. The lowest BCUT2D eigenvalue weighted by Gasteiger charge is -2.35. The number of benzene rings is 1. The molecule has 0 N–H and O–H groups in total. The first kappa shape index (κ1) is 16.3. The summed E-state index contributed by atoms with van der Waals surface area (Å²) in [5.41, 5.74) is -1.15. The van der Waals surface area contributed by atoms with Crippen LogP contribution in [0.1, 0.15) is 36.2 Å². The highest BCUT2D eigenvalue weighted by atomic mass is 79.9. The monoisotopic (exact) mass is 363 g/mol. The molecule has 0 saturated carbocycles. The minimum atomic E-state index is -4.54. The maximum Gasteiger partial charge on any atom is 0.417 e. The highest BCUT2D eigenvalue weighted by Gasteiger charge is 2.37. The fourth-order valence-corrected chi connectivity index (χ4v) is 2.92. The van der Waals surface area contributed by atoms with Gasteiger partial charge in [-0.1, -0.05) is 29.8 Å². The van der Waals surface area contributed by atoms with Crippen LogP contribution in [0.25, 0.3) is 0 Å². The van der Waals surface area contributed by atoms with Gasteiger partial charge in [-0.25, -0.2) is 0 Å². The Labute approximate surface area is 130 Å². The molecule has 0 bridgehead atoms. The van der Waals surface area contributed by atoms with Crippen LogP contribution in [-0.4, -0.2) is 23.9 Å². The van der Waals surface area contributed by atoms with Gasteiger partial charge in [0.15, 0.2) is 0 Å². The van der Waals surface area contributed by atoms with Crippen LogP contribution in [0, 0.1) is 11.8 Å². The smallest absolute Gasteiger partial charge is 0.338 e. The quantitative estimate of drug-likeness (QED) is 0.714. The number of carbonyl (C=O) groups is 1. The van der Waals surface area contributed by atoms with Crippen LogP contribution in [0.3, 0.4) is 0 Å². The molecule has 1 saturated heterocycles. The predicted molar refractivity (Wildman–Crippen MR) is 78.0 cm³/mol. The highest BCUT2D eigenvalue weighted by molar-refractivity contribution is 9.10. The van der Waals surface area contributed by atoms with E-state index in [4.69, 9.17) is 0 Å². The Morgan fingerprint density at radius 2 is 1.95 bits per heavy atom. The molecule has 0 aromatic heterocycles. The zero-order valence-corrected chi connectivity index (χ0v) is 13.5. The highest BCUT2D eigenvalue weighted by Crippen LogP contribution is 2.35. The van der Waals surface area contributed by atoms with Gasteiger partial charge in [0.05, 0.1) is 11.1 Å². The molecule has 1 heterocycles. The van der Waals surface area contributed by atoms with Crippen molar-refractivity contribution in [3.63, 3.8) is 0 Å². The van der Waals surface area contributed by atoms with Crippen LogP contribution >= 0.6 is 15.9 Å². The second kappa shape index (κ2) is 5.99. The van der Waals surface area contributed by atoms with Crippen LogP contribution in [0.15, 0.2) is 22.7 Å². The Hall–Kier alpha value is -1.04. The van der Waals surface area contributed by atoms with Crippen LogP contribution in [0.2, 0.25) is 0 Å². The lowest BCUT2D eigenvalue weighted by atomic mass is 9.88. The molecule has 1 aromatic carbocycles. The van der Waals surface area contributed by atoms with Crippen molar-refractivity contribution in [2.45, 2.75) is 26.4 Å². The third-order valence-corrected chi connectivity index (χ3v) is 4.63. The molecule has 1 amide bonds. The number of hydrogen-bond acceptors (Lipinski definition) is 1. The third kappa shape index (κ3) is 3.59. The maximum absolute atomic E-state index is 13.1. The Morgan fingerprint density at radius 3 is 2.52 bits per heavy atom. The molecule has 2 rings (SSSR count). The average molecular weight is 364 g/mol. The van der Waals surface area contributed by atoms with Crippen LogP contribution in [0.4, 0.5) is 13.2 Å². The number of alkyl halides is 3. The fraction of sp³-hybridized carbons (Fsp3) is 0.533. The maximum atomic E-state index is 13.1. The first-order chi connectivity index (χ1) is 9.70. The normalized spacial score (nSPS) is 23.2. The number of amides is 1. The second-order valence-electron chi connectivity index (χ2n) is 5.68. The van der Waals surface area contributed by atoms with Crippen molar-refractivity contribution in [2.75, 3.05) is 13.1 Å². The van der Waals surface area contributed by atoms with E-state index >= 15 is 0 Å². The number of likely N-dealkylation sites (tertiary alicyclic amines) is 1. The first-order valence-corrected chi connectivity index (χ1v) is 7.65. The standard InChI is InChI=1S/C15H17BrF3NO/c1-9-5-6-20(8-10(9)2)14(21)12-4-3-11(16)7-13(12)15(17,18)19/h3-4,7,9-10H,5-6,8H2,1-2H3. The average Bonchev–Trinajstić information content (AvgIpc) is 2.40.